The second-order valence-corrected chi connectivity index (χ2v) is 5.87. The number of anilines is 2. The maximum absolute atomic E-state index is 13.0. The number of pyridine rings is 1. The number of rotatable bonds is 3. The molecule has 1 aliphatic heterocycles. The highest BCUT2D eigenvalue weighted by Gasteiger charge is 2.38. The summed E-state index contributed by atoms with van der Waals surface area (Å²) >= 11 is 0. The summed E-state index contributed by atoms with van der Waals surface area (Å²) in [7, 11) is 0. The molecule has 0 saturated heterocycles. The van der Waals surface area contributed by atoms with Crippen LogP contribution in [-0.4, -0.2) is 10.9 Å². The zero-order valence-electron chi connectivity index (χ0n) is 13.3. The van der Waals surface area contributed by atoms with Crippen molar-refractivity contribution in [3.63, 3.8) is 0 Å². The third-order valence-electron chi connectivity index (χ3n) is 4.19. The van der Waals surface area contributed by atoms with Gasteiger partial charge in [0.15, 0.2) is 0 Å². The fourth-order valence-electron chi connectivity index (χ4n) is 3.04. The molecule has 1 aliphatic rings. The molecule has 0 fully saturated rings. The minimum atomic E-state index is -0.273. The number of aromatic nitrogens is 1. The number of carbonyl (C=O) groups excluding carboxylic acids is 1. The zero-order valence-corrected chi connectivity index (χ0v) is 13.3. The largest absolute Gasteiger partial charge is 0.361 e. The monoisotopic (exact) mass is 315 g/mol. The highest BCUT2D eigenvalue weighted by molar-refractivity contribution is 6.11. The van der Waals surface area contributed by atoms with Gasteiger partial charge in [0, 0.05) is 23.0 Å². The van der Waals surface area contributed by atoms with Crippen molar-refractivity contribution >= 4 is 17.4 Å². The highest BCUT2D eigenvalue weighted by Crippen LogP contribution is 2.37. The molecule has 1 aromatic heterocycles. The van der Waals surface area contributed by atoms with E-state index in [0.717, 1.165) is 16.8 Å². The van der Waals surface area contributed by atoms with E-state index < -0.39 is 0 Å². The second-order valence-electron chi connectivity index (χ2n) is 5.87. The van der Waals surface area contributed by atoms with Crippen molar-refractivity contribution in [1.82, 2.24) is 4.98 Å². The molecule has 1 atom stereocenters. The Morgan fingerprint density at radius 2 is 1.75 bits per heavy atom. The summed E-state index contributed by atoms with van der Waals surface area (Å²) in [6, 6.07) is 21.5. The van der Waals surface area contributed by atoms with E-state index in [-0.39, 0.29) is 12.1 Å². The summed E-state index contributed by atoms with van der Waals surface area (Å²) in [6.45, 7) is 2.00. The van der Waals surface area contributed by atoms with Crippen LogP contribution in [0.5, 0.6) is 0 Å². The van der Waals surface area contributed by atoms with Gasteiger partial charge in [0.2, 0.25) is 0 Å². The molecule has 0 bridgehead atoms. The number of aryl methyl sites for hydroxylation is 1. The van der Waals surface area contributed by atoms with Crippen LogP contribution in [0.1, 0.15) is 27.7 Å². The molecule has 4 nitrogen and oxygen atoms in total. The molecule has 24 heavy (non-hydrogen) atoms. The van der Waals surface area contributed by atoms with Gasteiger partial charge in [-0.05, 0) is 42.8 Å². The number of para-hydroxylation sites is 1. The Balaban J connectivity index is 1.80. The van der Waals surface area contributed by atoms with Gasteiger partial charge in [-0.3, -0.25) is 9.69 Å². The van der Waals surface area contributed by atoms with E-state index in [9.17, 15) is 4.79 Å². The van der Waals surface area contributed by atoms with Gasteiger partial charge in [0.05, 0.1) is 0 Å². The zero-order chi connectivity index (χ0) is 16.5. The lowest BCUT2D eigenvalue weighted by Crippen LogP contribution is -2.33. The van der Waals surface area contributed by atoms with Crippen LogP contribution in [0.4, 0.5) is 11.5 Å². The Bertz CT molecular complexity index is 892. The normalized spacial score (nSPS) is 16.1. The number of carbonyl (C=O) groups is 1. The van der Waals surface area contributed by atoms with Crippen molar-refractivity contribution in [3.8, 4) is 0 Å². The lowest BCUT2D eigenvalue weighted by molar-refractivity contribution is 0.0992. The lowest BCUT2D eigenvalue weighted by atomic mass is 10.1. The van der Waals surface area contributed by atoms with E-state index in [1.165, 1.54) is 0 Å². The van der Waals surface area contributed by atoms with Crippen LogP contribution in [0.25, 0.3) is 0 Å². The van der Waals surface area contributed by atoms with Crippen LogP contribution in [0.2, 0.25) is 0 Å². The van der Waals surface area contributed by atoms with Crippen molar-refractivity contribution in [2.75, 3.05) is 10.2 Å². The average Bonchev–Trinajstić information content (AvgIpc) is 2.89. The van der Waals surface area contributed by atoms with E-state index in [2.05, 4.69) is 10.3 Å². The molecule has 1 unspecified atom stereocenters. The van der Waals surface area contributed by atoms with E-state index >= 15 is 0 Å². The molecular weight excluding hydrogens is 298 g/mol. The first-order valence-corrected chi connectivity index (χ1v) is 7.91. The van der Waals surface area contributed by atoms with Gasteiger partial charge >= 0.3 is 0 Å². The number of amides is 1. The van der Waals surface area contributed by atoms with Crippen molar-refractivity contribution in [2.45, 2.75) is 13.1 Å². The first-order chi connectivity index (χ1) is 11.7. The minimum Gasteiger partial charge on any atom is -0.361 e. The quantitative estimate of drug-likeness (QED) is 0.789. The summed E-state index contributed by atoms with van der Waals surface area (Å²) in [6.07, 6.45) is 1.46. The van der Waals surface area contributed by atoms with Crippen LogP contribution in [0.3, 0.4) is 0 Å². The Hall–Kier alpha value is -3.14. The van der Waals surface area contributed by atoms with Crippen LogP contribution in [0, 0.1) is 6.92 Å². The fraction of sp³-hybridized carbons (Fsp3) is 0.100. The Labute approximate surface area is 140 Å². The Kier molecular flexibility index (Phi) is 3.50. The van der Waals surface area contributed by atoms with Gasteiger partial charge < -0.3 is 5.32 Å². The van der Waals surface area contributed by atoms with E-state index in [4.69, 9.17) is 0 Å². The van der Waals surface area contributed by atoms with Gasteiger partial charge in [-0.2, -0.15) is 0 Å². The van der Waals surface area contributed by atoms with Gasteiger partial charge in [-0.25, -0.2) is 4.98 Å². The van der Waals surface area contributed by atoms with Gasteiger partial charge in [-0.15, -0.1) is 0 Å². The molecular formula is C20H17N3O. The van der Waals surface area contributed by atoms with E-state index in [1.54, 1.807) is 11.1 Å². The van der Waals surface area contributed by atoms with E-state index in [0.29, 0.717) is 11.4 Å². The van der Waals surface area contributed by atoms with Crippen molar-refractivity contribution in [3.05, 3.63) is 89.6 Å². The molecule has 2 aromatic carbocycles. The van der Waals surface area contributed by atoms with Crippen LogP contribution < -0.4 is 10.2 Å². The number of fused-ring (bicyclic) bond motifs is 1. The topological polar surface area (TPSA) is 45.2 Å². The number of nitrogens with one attached hydrogen (secondary N) is 1. The predicted molar refractivity (Wildman–Crippen MR) is 95.0 cm³/mol. The van der Waals surface area contributed by atoms with Crippen molar-refractivity contribution in [2.24, 2.45) is 0 Å². The van der Waals surface area contributed by atoms with Crippen LogP contribution in [-0.2, 0) is 0 Å². The molecule has 0 saturated carbocycles. The summed E-state index contributed by atoms with van der Waals surface area (Å²) in [5, 5.41) is 3.46. The lowest BCUT2D eigenvalue weighted by Gasteiger charge is -2.26. The van der Waals surface area contributed by atoms with Crippen molar-refractivity contribution < 1.29 is 4.79 Å². The molecule has 0 radical (unpaired) electrons. The summed E-state index contributed by atoms with van der Waals surface area (Å²) in [4.78, 5) is 19.1. The fourth-order valence-corrected chi connectivity index (χ4v) is 3.04. The number of benzene rings is 2. The smallest absolute Gasteiger partial charge is 0.261 e. The molecule has 118 valence electrons. The van der Waals surface area contributed by atoms with Crippen LogP contribution >= 0.6 is 0 Å². The molecule has 4 heteroatoms. The molecule has 0 spiro atoms. The summed E-state index contributed by atoms with van der Waals surface area (Å²) < 4.78 is 0. The standard InChI is InChI=1S/C20H17N3O/c1-14-11-12-21-18(13-14)23-19(22-15-7-3-2-4-8-15)16-9-5-6-10-17(16)20(23)24/h2-13,19,22H,1H3. The Morgan fingerprint density at radius 3 is 2.54 bits per heavy atom. The third kappa shape index (κ3) is 2.42. The van der Waals surface area contributed by atoms with E-state index in [1.807, 2.05) is 73.7 Å². The van der Waals surface area contributed by atoms with Gasteiger partial charge in [0.25, 0.3) is 5.91 Å². The molecule has 3 aromatic rings. The number of hydrogen-bond donors (Lipinski definition) is 1. The molecule has 4 rings (SSSR count). The van der Waals surface area contributed by atoms with Gasteiger partial charge in [0.1, 0.15) is 12.0 Å². The first-order valence-electron chi connectivity index (χ1n) is 7.91. The first kappa shape index (κ1) is 14.5. The van der Waals surface area contributed by atoms with Crippen LogP contribution in [0.15, 0.2) is 72.9 Å². The molecule has 2 heterocycles. The third-order valence-corrected chi connectivity index (χ3v) is 4.19. The summed E-state index contributed by atoms with van der Waals surface area (Å²) in [5.41, 5.74) is 3.72. The maximum atomic E-state index is 13.0. The molecule has 1 amide bonds. The summed E-state index contributed by atoms with van der Waals surface area (Å²) in [5.74, 6) is 0.627. The molecule has 0 aliphatic carbocycles. The highest BCUT2D eigenvalue weighted by atomic mass is 16.2. The SMILES string of the molecule is Cc1ccnc(N2C(=O)c3ccccc3C2Nc2ccccc2)c1. The number of nitrogens with zero attached hydrogens (tertiary/aromatic N) is 2. The number of hydrogen-bond acceptors (Lipinski definition) is 3. The average molecular weight is 315 g/mol. The van der Waals surface area contributed by atoms with Crippen molar-refractivity contribution in [1.29, 1.82) is 0 Å². The predicted octanol–water partition coefficient (Wildman–Crippen LogP) is 4.16. The Morgan fingerprint density at radius 1 is 1.00 bits per heavy atom. The maximum Gasteiger partial charge on any atom is 0.261 e. The second kappa shape index (κ2) is 5.81. The molecule has 1 N–H and O–H groups in total. The van der Waals surface area contributed by atoms with Gasteiger partial charge in [-0.1, -0.05) is 36.4 Å². The minimum absolute atomic E-state index is 0.0304.